The molecule has 0 aliphatic rings. The number of hydrogen-bond acceptors (Lipinski definition) is 4. The number of rotatable bonds is 6. The Hall–Kier alpha value is -1.59. The van der Waals surface area contributed by atoms with Gasteiger partial charge in [0.1, 0.15) is 11.9 Å². The second-order valence-electron chi connectivity index (χ2n) is 5.76. The largest absolute Gasteiger partial charge is 0.467 e. The lowest BCUT2D eigenvalue weighted by Crippen LogP contribution is -2.31. The quantitative estimate of drug-likeness (QED) is 0.859. The summed E-state index contributed by atoms with van der Waals surface area (Å²) in [6, 6.07) is 3.95. The number of nitrogens with zero attached hydrogens (tertiary/aromatic N) is 2. The van der Waals surface area contributed by atoms with Crippen molar-refractivity contribution in [2.75, 3.05) is 0 Å². The van der Waals surface area contributed by atoms with Crippen molar-refractivity contribution < 1.29 is 9.52 Å². The molecule has 0 fully saturated rings. The minimum atomic E-state index is -0.578. The third kappa shape index (κ3) is 3.54. The van der Waals surface area contributed by atoms with E-state index in [-0.39, 0.29) is 12.1 Å². The molecule has 5 heteroatoms. The smallest absolute Gasteiger partial charge is 0.132 e. The molecule has 0 aliphatic carbocycles. The molecule has 116 valence electrons. The van der Waals surface area contributed by atoms with Crippen LogP contribution in [0.5, 0.6) is 0 Å². The summed E-state index contributed by atoms with van der Waals surface area (Å²) in [5.41, 5.74) is 3.46. The molecule has 21 heavy (non-hydrogen) atoms. The lowest BCUT2D eigenvalue weighted by molar-refractivity contribution is 0.127. The number of hydrogen-bond donors (Lipinski definition) is 2. The van der Waals surface area contributed by atoms with E-state index < -0.39 is 6.10 Å². The number of nitrogens with one attached hydrogen (secondary N) is 1. The van der Waals surface area contributed by atoms with Crippen molar-refractivity contribution in [1.82, 2.24) is 15.1 Å². The maximum atomic E-state index is 10.1. The Labute approximate surface area is 126 Å². The Morgan fingerprint density at radius 2 is 2.10 bits per heavy atom. The third-order valence-corrected chi connectivity index (χ3v) is 3.98. The van der Waals surface area contributed by atoms with Crippen LogP contribution in [0, 0.1) is 13.8 Å². The molecule has 0 amide bonds. The summed E-state index contributed by atoms with van der Waals surface area (Å²) in [6.45, 7) is 8.31. The van der Waals surface area contributed by atoms with E-state index in [1.807, 2.05) is 18.7 Å². The zero-order chi connectivity index (χ0) is 15.6. The van der Waals surface area contributed by atoms with Crippen LogP contribution in [0.4, 0.5) is 0 Å². The lowest BCUT2D eigenvalue weighted by atomic mass is 10.0. The normalized spacial score (nSPS) is 15.9. The number of aromatic nitrogens is 2. The molecule has 3 unspecified atom stereocenters. The average molecular weight is 291 g/mol. The number of furan rings is 1. The maximum Gasteiger partial charge on any atom is 0.132 e. The molecular weight excluding hydrogens is 266 g/mol. The van der Waals surface area contributed by atoms with Crippen molar-refractivity contribution in [1.29, 1.82) is 0 Å². The Morgan fingerprint density at radius 3 is 2.62 bits per heavy atom. The van der Waals surface area contributed by atoms with Crippen molar-refractivity contribution in [3.63, 3.8) is 0 Å². The predicted octanol–water partition coefficient (Wildman–Crippen LogP) is 2.79. The van der Waals surface area contributed by atoms with E-state index in [1.165, 1.54) is 11.3 Å². The Morgan fingerprint density at radius 1 is 1.38 bits per heavy atom. The minimum absolute atomic E-state index is 0.166. The standard InChI is InChI=1S/C16H25N3O2/c1-10(9-14(20)15-7-6-8-21-15)17-11(2)16-12(3)18-19(5)13(16)4/h6-8,10-11,14,17,20H,9H2,1-5H3. The van der Waals surface area contributed by atoms with Crippen molar-refractivity contribution in [3.8, 4) is 0 Å². The van der Waals surface area contributed by atoms with Crippen LogP contribution in [0.25, 0.3) is 0 Å². The second-order valence-corrected chi connectivity index (χ2v) is 5.76. The first-order chi connectivity index (χ1) is 9.90. The van der Waals surface area contributed by atoms with E-state index in [1.54, 1.807) is 18.4 Å². The number of aliphatic hydroxyl groups excluding tert-OH is 1. The van der Waals surface area contributed by atoms with Gasteiger partial charge in [-0.15, -0.1) is 0 Å². The summed E-state index contributed by atoms with van der Waals surface area (Å²) in [5, 5.41) is 18.1. The van der Waals surface area contributed by atoms with Crippen molar-refractivity contribution in [3.05, 3.63) is 41.1 Å². The first kappa shape index (κ1) is 15.8. The Balaban J connectivity index is 1.97. The zero-order valence-electron chi connectivity index (χ0n) is 13.4. The van der Waals surface area contributed by atoms with E-state index in [4.69, 9.17) is 4.42 Å². The molecule has 0 radical (unpaired) electrons. The molecule has 2 heterocycles. The monoisotopic (exact) mass is 291 g/mol. The summed E-state index contributed by atoms with van der Waals surface area (Å²) in [6.07, 6.45) is 1.61. The van der Waals surface area contributed by atoms with Gasteiger partial charge in [-0.2, -0.15) is 5.10 Å². The molecule has 2 aromatic rings. The van der Waals surface area contributed by atoms with Crippen molar-refractivity contribution >= 4 is 0 Å². The number of aryl methyl sites for hydroxylation is 2. The van der Waals surface area contributed by atoms with Crippen LogP contribution in [-0.4, -0.2) is 20.9 Å². The lowest BCUT2D eigenvalue weighted by Gasteiger charge is -2.22. The molecule has 2 rings (SSSR count). The molecule has 0 bridgehead atoms. The van der Waals surface area contributed by atoms with Gasteiger partial charge in [-0.25, -0.2) is 0 Å². The van der Waals surface area contributed by atoms with Gasteiger partial charge in [-0.1, -0.05) is 0 Å². The van der Waals surface area contributed by atoms with E-state index in [2.05, 4.69) is 31.2 Å². The first-order valence-electron chi connectivity index (χ1n) is 7.37. The summed E-state index contributed by atoms with van der Waals surface area (Å²) in [4.78, 5) is 0. The van der Waals surface area contributed by atoms with Crippen LogP contribution in [0.1, 0.15) is 55.1 Å². The molecular formula is C16H25N3O2. The fraction of sp³-hybridized carbons (Fsp3) is 0.562. The van der Waals surface area contributed by atoms with Crippen LogP contribution >= 0.6 is 0 Å². The van der Waals surface area contributed by atoms with Gasteiger partial charge in [0.2, 0.25) is 0 Å². The molecule has 0 aromatic carbocycles. The van der Waals surface area contributed by atoms with Crippen LogP contribution < -0.4 is 5.32 Å². The predicted molar refractivity (Wildman–Crippen MR) is 82.0 cm³/mol. The van der Waals surface area contributed by atoms with Gasteiger partial charge in [-0.05, 0) is 46.2 Å². The SMILES string of the molecule is Cc1nn(C)c(C)c1C(C)NC(C)CC(O)c1ccco1. The highest BCUT2D eigenvalue weighted by Gasteiger charge is 2.20. The molecule has 0 saturated carbocycles. The van der Waals surface area contributed by atoms with Crippen LogP contribution in [0.2, 0.25) is 0 Å². The first-order valence-corrected chi connectivity index (χ1v) is 7.37. The van der Waals surface area contributed by atoms with Gasteiger partial charge in [0, 0.05) is 30.4 Å². The van der Waals surface area contributed by atoms with Gasteiger partial charge in [0.05, 0.1) is 12.0 Å². The fourth-order valence-electron chi connectivity index (χ4n) is 2.93. The maximum absolute atomic E-state index is 10.1. The van der Waals surface area contributed by atoms with Crippen LogP contribution in [-0.2, 0) is 7.05 Å². The average Bonchev–Trinajstić information content (AvgIpc) is 2.99. The molecule has 2 aromatic heterocycles. The summed E-state index contributed by atoms with van der Waals surface area (Å²) >= 11 is 0. The summed E-state index contributed by atoms with van der Waals surface area (Å²) in [5.74, 6) is 0.616. The minimum Gasteiger partial charge on any atom is -0.467 e. The Bertz CT molecular complexity index is 575. The van der Waals surface area contributed by atoms with Gasteiger partial charge in [0.25, 0.3) is 0 Å². The third-order valence-electron chi connectivity index (χ3n) is 3.98. The second kappa shape index (κ2) is 6.45. The highest BCUT2D eigenvalue weighted by atomic mass is 16.4. The highest BCUT2D eigenvalue weighted by molar-refractivity contribution is 5.27. The number of aliphatic hydroxyl groups is 1. The molecule has 2 N–H and O–H groups in total. The molecule has 0 aliphatic heterocycles. The molecule has 0 saturated heterocycles. The molecule has 0 spiro atoms. The summed E-state index contributed by atoms with van der Waals surface area (Å²) in [7, 11) is 1.96. The Kier molecular flexibility index (Phi) is 4.85. The molecule has 3 atom stereocenters. The van der Waals surface area contributed by atoms with Gasteiger partial charge < -0.3 is 14.8 Å². The van der Waals surface area contributed by atoms with E-state index in [9.17, 15) is 5.11 Å². The van der Waals surface area contributed by atoms with E-state index in [0.717, 1.165) is 5.69 Å². The van der Waals surface area contributed by atoms with Gasteiger partial charge in [0.15, 0.2) is 0 Å². The fourth-order valence-corrected chi connectivity index (χ4v) is 2.93. The summed E-state index contributed by atoms with van der Waals surface area (Å²) < 4.78 is 7.14. The van der Waals surface area contributed by atoms with E-state index in [0.29, 0.717) is 12.2 Å². The van der Waals surface area contributed by atoms with Crippen molar-refractivity contribution in [2.45, 2.75) is 52.3 Å². The van der Waals surface area contributed by atoms with Gasteiger partial charge >= 0.3 is 0 Å². The van der Waals surface area contributed by atoms with Crippen molar-refractivity contribution in [2.24, 2.45) is 7.05 Å². The van der Waals surface area contributed by atoms with Crippen LogP contribution in [0.3, 0.4) is 0 Å². The van der Waals surface area contributed by atoms with Crippen LogP contribution in [0.15, 0.2) is 22.8 Å². The highest BCUT2D eigenvalue weighted by Crippen LogP contribution is 2.23. The molecule has 5 nitrogen and oxygen atoms in total. The van der Waals surface area contributed by atoms with Gasteiger partial charge in [-0.3, -0.25) is 4.68 Å². The topological polar surface area (TPSA) is 63.2 Å². The zero-order valence-corrected chi connectivity index (χ0v) is 13.4. The van der Waals surface area contributed by atoms with E-state index >= 15 is 0 Å².